The van der Waals surface area contributed by atoms with Crippen molar-refractivity contribution in [2.24, 2.45) is 40.9 Å². The van der Waals surface area contributed by atoms with Crippen molar-refractivity contribution >= 4 is 122 Å². The number of carbonyl (C=O) groups excluding carboxylic acids is 9. The Morgan fingerprint density at radius 1 is 0.466 bits per heavy atom. The molecule has 5 aromatic heterocycles. The molecular formula is C92H123N11O23S5. The number of carbonyl (C=O) groups is 11. The lowest BCUT2D eigenvalue weighted by Crippen LogP contribution is -2.47. The minimum Gasteiger partial charge on any atom is -0.481 e. The van der Waals surface area contributed by atoms with Gasteiger partial charge in [0.05, 0.1) is 83.2 Å². The number of rotatable bonds is 29. The fourth-order valence-corrected chi connectivity index (χ4v) is 16.9. The number of urea groups is 2. The molecule has 0 bridgehead atoms. The first-order chi connectivity index (χ1) is 62.9. The molecule has 8 aromatic rings. The summed E-state index contributed by atoms with van der Waals surface area (Å²) in [4.78, 5) is 139. The number of fused-ring (bicyclic) bond motifs is 3. The molecule has 4 unspecified atom stereocenters. The maximum Gasteiger partial charge on any atom is 0.315 e. The topological polar surface area (TPSA) is 482 Å². The van der Waals surface area contributed by atoms with E-state index in [4.69, 9.17) is 60.9 Å². The summed E-state index contributed by atoms with van der Waals surface area (Å²) >= 11 is 8.31. The SMILES string of the molecule is CC(=O)[C@@H](C)CC(=O)O.CC1CCN(Cc2cccs2)C1=O.CC[C@H](N)c1ccc2c(c1)OCO2.CC[C@H](NC(=O)NC1CCN(Cc2cccs2)C1=O)c1ccc2c(c1)OCO2.COC(=O)[C@@H](C)CCO.COC(=O)[C@@H](C)CCO.NC1CCN(Cc2cccs2)C1=O.NCc1cccs1.O=C(O)C[C@H](NC(=O)NC1CCN(Cc2cccs2)C1=O)c1ccc2c(c1)OCO2. The Balaban J connectivity index is 0.000000212. The van der Waals surface area contributed by atoms with Gasteiger partial charge in [0, 0.05) is 88.2 Å². The second-order valence-electron chi connectivity index (χ2n) is 31.1. The molecule has 7 aliphatic rings. The molecule has 34 nitrogen and oxygen atoms in total. The number of likely N-dealkylation sites (tertiary alicyclic amines) is 4. The number of benzene rings is 3. The number of ketones is 1. The van der Waals surface area contributed by atoms with Crippen molar-refractivity contribution in [3.8, 4) is 34.5 Å². The van der Waals surface area contributed by atoms with E-state index in [1.165, 1.54) is 35.8 Å². The third-order valence-electron chi connectivity index (χ3n) is 21.4. The summed E-state index contributed by atoms with van der Waals surface area (Å²) in [6.07, 6.45) is 5.18. The van der Waals surface area contributed by atoms with Gasteiger partial charge in [0.25, 0.3) is 0 Å². The zero-order valence-corrected chi connectivity index (χ0v) is 79.3. The van der Waals surface area contributed by atoms with Gasteiger partial charge in [-0.2, -0.15) is 0 Å². The zero-order valence-electron chi connectivity index (χ0n) is 75.2. The van der Waals surface area contributed by atoms with Gasteiger partial charge in [0.1, 0.15) is 17.9 Å². The van der Waals surface area contributed by atoms with E-state index in [1.54, 1.807) is 105 Å². The molecule has 7 aliphatic heterocycles. The van der Waals surface area contributed by atoms with Crippen LogP contribution in [-0.2, 0) is 85.3 Å². The van der Waals surface area contributed by atoms with E-state index in [2.05, 4.69) is 49.1 Å². The summed E-state index contributed by atoms with van der Waals surface area (Å²) in [6, 6.07) is 33.5. The van der Waals surface area contributed by atoms with Crippen LogP contribution in [0.5, 0.6) is 34.5 Å². The van der Waals surface area contributed by atoms with Crippen molar-refractivity contribution in [3.05, 3.63) is 183 Å². The summed E-state index contributed by atoms with van der Waals surface area (Å²) in [5, 5.41) is 55.4. The van der Waals surface area contributed by atoms with E-state index in [-0.39, 0.29) is 123 Å². The highest BCUT2D eigenvalue weighted by atomic mass is 32.1. The molecular weight excluding hydrogens is 1790 g/mol. The molecule has 131 heavy (non-hydrogen) atoms. The Bertz CT molecular complexity index is 4770. The minimum atomic E-state index is -1.06. The molecule has 0 aliphatic carbocycles. The Morgan fingerprint density at radius 2 is 0.817 bits per heavy atom. The van der Waals surface area contributed by atoms with Gasteiger partial charge in [-0.25, -0.2) is 9.59 Å². The minimum absolute atomic E-state index is 0.0281. The maximum atomic E-state index is 12.6. The molecule has 12 heterocycles. The molecule has 3 aromatic carbocycles. The quantitative estimate of drug-likeness (QED) is 0.0194. The molecule has 714 valence electrons. The molecule has 0 saturated carbocycles. The number of esters is 2. The predicted molar refractivity (Wildman–Crippen MR) is 498 cm³/mol. The first-order valence-corrected chi connectivity index (χ1v) is 47.4. The van der Waals surface area contributed by atoms with Crippen molar-refractivity contribution in [3.63, 3.8) is 0 Å². The number of aliphatic hydroxyl groups excluding tert-OH is 2. The van der Waals surface area contributed by atoms with Gasteiger partial charge in [-0.3, -0.25) is 43.2 Å². The Kier molecular flexibility index (Phi) is 46.0. The van der Waals surface area contributed by atoms with Crippen LogP contribution in [0.3, 0.4) is 0 Å². The van der Waals surface area contributed by atoms with Gasteiger partial charge in [0.15, 0.2) is 34.5 Å². The average Bonchev–Trinajstić information content (AvgIpc) is 1.81. The fourth-order valence-electron chi connectivity index (χ4n) is 13.5. The lowest BCUT2D eigenvalue weighted by molar-refractivity contribution is -0.146. The summed E-state index contributed by atoms with van der Waals surface area (Å²) in [5.41, 5.74) is 19.4. The van der Waals surface area contributed by atoms with Crippen molar-refractivity contribution < 1.29 is 111 Å². The van der Waals surface area contributed by atoms with Crippen molar-refractivity contribution in [2.75, 3.05) is 74.0 Å². The van der Waals surface area contributed by atoms with Gasteiger partial charge in [-0.05, 0) is 169 Å². The number of amides is 8. The van der Waals surface area contributed by atoms with E-state index in [1.807, 2.05) is 136 Å². The average molecular weight is 1910 g/mol. The van der Waals surface area contributed by atoms with Crippen molar-refractivity contribution in [1.29, 1.82) is 0 Å². The highest BCUT2D eigenvalue weighted by Gasteiger charge is 2.36. The lowest BCUT2D eigenvalue weighted by Gasteiger charge is -2.20. The van der Waals surface area contributed by atoms with Crippen LogP contribution in [0.15, 0.2) is 142 Å². The summed E-state index contributed by atoms with van der Waals surface area (Å²) < 4.78 is 40.6. The number of thiophene rings is 5. The number of ether oxygens (including phenoxy) is 8. The van der Waals surface area contributed by atoms with Gasteiger partial charge in [0.2, 0.25) is 44.0 Å². The molecule has 4 saturated heterocycles. The number of nitrogens with one attached hydrogen (secondary N) is 4. The number of hydrogen-bond acceptors (Lipinski definition) is 29. The third-order valence-corrected chi connectivity index (χ3v) is 25.7. The normalized spacial score (nSPS) is 17.5. The van der Waals surface area contributed by atoms with E-state index < -0.39 is 36.1 Å². The number of nitrogens with two attached hydrogens (primary N) is 3. The van der Waals surface area contributed by atoms with Gasteiger partial charge < -0.3 is 116 Å². The maximum absolute atomic E-state index is 12.6. The molecule has 10 atom stereocenters. The molecule has 14 N–H and O–H groups in total. The molecule has 39 heteroatoms. The highest BCUT2D eigenvalue weighted by molar-refractivity contribution is 7.11. The van der Waals surface area contributed by atoms with E-state index in [9.17, 15) is 57.8 Å². The number of carboxylic acids is 2. The Morgan fingerprint density at radius 3 is 1.13 bits per heavy atom. The first kappa shape index (κ1) is 107. The van der Waals surface area contributed by atoms with Crippen LogP contribution >= 0.6 is 56.7 Å². The second kappa shape index (κ2) is 56.5. The van der Waals surface area contributed by atoms with Gasteiger partial charge in [-0.15, -0.1) is 56.7 Å². The fraction of sp³-hybridized carbons (Fsp3) is 0.467. The van der Waals surface area contributed by atoms with Crippen molar-refractivity contribution in [1.82, 2.24) is 40.9 Å². The van der Waals surface area contributed by atoms with Gasteiger partial charge >= 0.3 is 35.9 Å². The van der Waals surface area contributed by atoms with Crippen LogP contribution in [0, 0.1) is 23.7 Å². The van der Waals surface area contributed by atoms with Crippen LogP contribution in [0.4, 0.5) is 9.59 Å². The lowest BCUT2D eigenvalue weighted by atomic mass is 10.0. The van der Waals surface area contributed by atoms with E-state index >= 15 is 0 Å². The number of aliphatic hydroxyl groups is 2. The molecule has 4 fully saturated rings. The van der Waals surface area contributed by atoms with Crippen LogP contribution in [0.25, 0.3) is 0 Å². The van der Waals surface area contributed by atoms with E-state index in [0.717, 1.165) is 84.2 Å². The van der Waals surface area contributed by atoms with Gasteiger partial charge in [-0.1, -0.05) is 90.1 Å². The van der Waals surface area contributed by atoms with Crippen LogP contribution in [-0.4, -0.2) is 197 Å². The zero-order chi connectivity index (χ0) is 95.5. The monoisotopic (exact) mass is 1910 g/mol. The molecule has 8 amide bonds. The van der Waals surface area contributed by atoms with Crippen LogP contribution < -0.4 is 66.9 Å². The standard InChI is InChI=1S/C20H21N3O6S.C20H23N3O4S.C10H13NO2.C10H13NOS.C9H12N2OS.2C6H12O3.C6H10O3.C5H7NS/c24-18(25)9-15(12-3-4-16-17(8-12)29-11-28-16)22-20(27)21-14-5-6-23(19(14)26)10-13-2-1-7-30-13;1-2-15(13-5-6-17-18(10-13)27-12-26-17)21-20(25)22-16-7-8-23(19(16)24)11-14-4-3-9-28-14;1-2-8(11)7-3-4-9-10(5-7)13-6-12-9;1-8-4-5-11(10(8)12)7-9-3-2-6-13-9;10-8-3-4-11(9(8)12)6-7-2-1-5-13-7;2*1-5(3-4-7)6(8)9-2;1-4(5(2)7)3-6(8)9;6-4-5-2-1-3-7-5/h1-4,7-8,14-15H,5-6,9-11H2,(H,24,25)(H2,21,22,27);3-6,9-10,15-16H,2,7-8,11-12H2,1H3,(H2,21,22,25);3-5,8H,2,6,11H2,1H3;2-3,6,8H,4-5,7H2,1H3;1-2,5,8H,3-4,6,10H2;2*5,7H,3-4H2,1-2H3;4H,3H2,1-2H3,(H,8,9);1-3H,4,6H2/t14?,15-;15-,16?;8-;;;2*5-;4-;/m000..000./s1. The smallest absolute Gasteiger partial charge is 0.315 e. The molecule has 0 spiro atoms. The number of Topliss-reactive ketones (excluding diaryl/α,β-unsaturated/α-hetero) is 1. The Labute approximate surface area is 783 Å². The number of carboxylic acid groups (broad SMARTS) is 2. The number of methoxy groups -OCH3 is 2. The van der Waals surface area contributed by atoms with Crippen molar-refractivity contribution in [2.45, 2.75) is 182 Å². The predicted octanol–water partition coefficient (Wildman–Crippen LogP) is 12.1. The molecule has 0 radical (unpaired) electrons. The highest BCUT2D eigenvalue weighted by Crippen LogP contribution is 2.38. The third kappa shape index (κ3) is 35.7. The Hall–Kier alpha value is -11.3. The van der Waals surface area contributed by atoms with E-state index in [0.29, 0.717) is 99.7 Å². The summed E-state index contributed by atoms with van der Waals surface area (Å²) in [7, 11) is 2.69. The number of nitrogens with zero attached hydrogens (tertiary/aromatic N) is 4. The summed E-state index contributed by atoms with van der Waals surface area (Å²) in [5.74, 6) is 1.28. The van der Waals surface area contributed by atoms with Crippen LogP contribution in [0.1, 0.15) is 172 Å². The number of hydrogen-bond donors (Lipinski definition) is 11. The largest absolute Gasteiger partial charge is 0.481 e. The second-order valence-corrected chi connectivity index (χ2v) is 36.3. The first-order valence-electron chi connectivity index (χ1n) is 43.0. The molecule has 15 rings (SSSR count). The van der Waals surface area contributed by atoms with Crippen LogP contribution in [0.2, 0.25) is 0 Å². The summed E-state index contributed by atoms with van der Waals surface area (Å²) in [6.45, 7) is 19.5. The number of aliphatic carboxylic acids is 2.